The minimum atomic E-state index is -3.32. The highest BCUT2D eigenvalue weighted by atomic mass is 35.5. The van der Waals surface area contributed by atoms with Crippen LogP contribution in [0, 0.1) is 0 Å². The lowest BCUT2D eigenvalue weighted by atomic mass is 10.1. The number of Topliss-reactive ketones (excluding diaryl/α,β-unsaturated/α-hetero) is 1. The van der Waals surface area contributed by atoms with Crippen molar-refractivity contribution < 1.29 is 17.9 Å². The van der Waals surface area contributed by atoms with Gasteiger partial charge in [0, 0.05) is 37.1 Å². The zero-order chi connectivity index (χ0) is 18.6. The molecule has 0 N–H and O–H groups in total. The summed E-state index contributed by atoms with van der Waals surface area (Å²) in [6.07, 6.45) is 2.67. The fourth-order valence-corrected chi connectivity index (χ4v) is 2.75. The third-order valence-electron chi connectivity index (χ3n) is 3.19. The molecule has 25 heavy (non-hydrogen) atoms. The molecular weight excluding hydrogens is 362 g/mol. The number of hydrogen-bond acceptors (Lipinski definition) is 5. The van der Waals surface area contributed by atoms with Crippen LogP contribution in [0.5, 0.6) is 5.75 Å². The quantitative estimate of drug-likeness (QED) is 0.437. The van der Waals surface area contributed by atoms with E-state index >= 15 is 0 Å². The highest BCUT2D eigenvalue weighted by molar-refractivity contribution is 7.90. The standard InChI is InChI=1S/C18H18ClNO4S/c1-20(2)12-17(24-15-8-6-14(19)7-9-15)18(21)13-4-10-16(11-5-13)25(3,22)23/h4-12H,1-3H3/b17-12+. The van der Waals surface area contributed by atoms with Gasteiger partial charge in [-0.2, -0.15) is 0 Å². The Morgan fingerprint density at radius 1 is 1.04 bits per heavy atom. The normalized spacial score (nSPS) is 11.9. The summed E-state index contributed by atoms with van der Waals surface area (Å²) in [5.41, 5.74) is 0.328. The molecule has 0 saturated carbocycles. The lowest BCUT2D eigenvalue weighted by Crippen LogP contribution is -2.14. The van der Waals surface area contributed by atoms with Gasteiger partial charge in [0.05, 0.1) is 4.90 Å². The summed E-state index contributed by atoms with van der Waals surface area (Å²) in [5.74, 6) is 0.224. The van der Waals surface area contributed by atoms with Gasteiger partial charge in [0.15, 0.2) is 15.6 Å². The van der Waals surface area contributed by atoms with E-state index in [0.717, 1.165) is 6.26 Å². The SMILES string of the molecule is CN(C)/C=C(/Oc1ccc(Cl)cc1)C(=O)c1ccc(S(C)(=O)=O)cc1. The summed E-state index contributed by atoms with van der Waals surface area (Å²) in [4.78, 5) is 14.6. The third kappa shape index (κ3) is 5.34. The molecule has 0 heterocycles. The van der Waals surface area contributed by atoms with Crippen LogP contribution in [0.4, 0.5) is 0 Å². The number of ether oxygens (including phenoxy) is 1. The van der Waals surface area contributed by atoms with Crippen LogP contribution < -0.4 is 4.74 Å². The predicted octanol–water partition coefficient (Wildman–Crippen LogP) is 3.41. The van der Waals surface area contributed by atoms with Gasteiger partial charge >= 0.3 is 0 Å². The third-order valence-corrected chi connectivity index (χ3v) is 4.57. The predicted molar refractivity (Wildman–Crippen MR) is 97.7 cm³/mol. The molecule has 2 rings (SSSR count). The average molecular weight is 380 g/mol. The van der Waals surface area contributed by atoms with E-state index in [0.29, 0.717) is 16.3 Å². The molecule has 2 aromatic carbocycles. The van der Waals surface area contributed by atoms with Crippen molar-refractivity contribution in [2.24, 2.45) is 0 Å². The number of carbonyl (C=O) groups is 1. The number of nitrogens with zero attached hydrogens (tertiary/aromatic N) is 1. The van der Waals surface area contributed by atoms with E-state index in [2.05, 4.69) is 0 Å². The Labute approximate surface area is 152 Å². The first-order valence-corrected chi connectivity index (χ1v) is 9.60. The van der Waals surface area contributed by atoms with Crippen molar-refractivity contribution in [3.8, 4) is 5.75 Å². The molecule has 0 atom stereocenters. The molecule has 0 aliphatic carbocycles. The van der Waals surface area contributed by atoms with Crippen LogP contribution in [0.25, 0.3) is 0 Å². The summed E-state index contributed by atoms with van der Waals surface area (Å²) in [5, 5.41) is 0.563. The number of halogens is 1. The smallest absolute Gasteiger partial charge is 0.229 e. The maximum Gasteiger partial charge on any atom is 0.229 e. The molecule has 0 saturated heterocycles. The molecule has 2 aromatic rings. The second-order valence-corrected chi connectivity index (χ2v) is 8.09. The molecule has 0 aliphatic rings. The van der Waals surface area contributed by atoms with E-state index in [1.807, 2.05) is 0 Å². The number of hydrogen-bond donors (Lipinski definition) is 0. The summed E-state index contributed by atoms with van der Waals surface area (Å²) in [6.45, 7) is 0. The van der Waals surface area contributed by atoms with Gasteiger partial charge in [-0.05, 0) is 48.5 Å². The molecule has 0 aliphatic heterocycles. The Morgan fingerprint density at radius 3 is 2.08 bits per heavy atom. The number of sulfone groups is 1. The van der Waals surface area contributed by atoms with Gasteiger partial charge in [0.25, 0.3) is 0 Å². The zero-order valence-corrected chi connectivity index (χ0v) is 15.6. The Kier molecular flexibility index (Phi) is 5.87. The largest absolute Gasteiger partial charge is 0.452 e. The fourth-order valence-electron chi connectivity index (χ4n) is 1.99. The molecular formula is C18H18ClNO4S. The van der Waals surface area contributed by atoms with Crippen molar-refractivity contribution in [3.63, 3.8) is 0 Å². The van der Waals surface area contributed by atoms with Crippen molar-refractivity contribution >= 4 is 27.2 Å². The molecule has 0 bridgehead atoms. The molecule has 0 radical (unpaired) electrons. The number of carbonyl (C=O) groups excluding carboxylic acids is 1. The molecule has 0 fully saturated rings. The van der Waals surface area contributed by atoms with Crippen molar-refractivity contribution in [3.05, 3.63) is 71.1 Å². The van der Waals surface area contributed by atoms with Crippen LogP contribution in [-0.2, 0) is 9.84 Å². The second kappa shape index (κ2) is 7.72. The maximum absolute atomic E-state index is 12.7. The van der Waals surface area contributed by atoms with Crippen LogP contribution >= 0.6 is 11.6 Å². The van der Waals surface area contributed by atoms with Gasteiger partial charge in [-0.15, -0.1) is 0 Å². The first kappa shape index (κ1) is 19.0. The number of rotatable bonds is 6. The molecule has 0 aromatic heterocycles. The number of benzene rings is 2. The average Bonchev–Trinajstić information content (AvgIpc) is 2.54. The van der Waals surface area contributed by atoms with Crippen LogP contribution in [0.15, 0.2) is 65.4 Å². The number of allylic oxidation sites excluding steroid dienone is 1. The molecule has 0 unspecified atom stereocenters. The lowest BCUT2D eigenvalue weighted by molar-refractivity contribution is 0.0982. The Hall–Kier alpha value is -2.31. The summed E-state index contributed by atoms with van der Waals surface area (Å²) < 4.78 is 28.7. The summed E-state index contributed by atoms with van der Waals surface area (Å²) in [6, 6.07) is 12.4. The van der Waals surface area contributed by atoms with E-state index in [9.17, 15) is 13.2 Å². The summed E-state index contributed by atoms with van der Waals surface area (Å²) >= 11 is 5.85. The van der Waals surface area contributed by atoms with Crippen LogP contribution in [-0.4, -0.2) is 39.5 Å². The van der Waals surface area contributed by atoms with Crippen LogP contribution in [0.3, 0.4) is 0 Å². The van der Waals surface area contributed by atoms with Gasteiger partial charge in [0.2, 0.25) is 5.78 Å². The van der Waals surface area contributed by atoms with Crippen LogP contribution in [0.1, 0.15) is 10.4 Å². The first-order chi connectivity index (χ1) is 11.7. The molecule has 5 nitrogen and oxygen atoms in total. The van der Waals surface area contributed by atoms with Gasteiger partial charge in [-0.25, -0.2) is 8.42 Å². The minimum absolute atomic E-state index is 0.111. The molecule has 132 valence electrons. The zero-order valence-electron chi connectivity index (χ0n) is 14.1. The van der Waals surface area contributed by atoms with Gasteiger partial charge in [-0.3, -0.25) is 4.79 Å². The first-order valence-electron chi connectivity index (χ1n) is 7.33. The highest BCUT2D eigenvalue weighted by Gasteiger charge is 2.17. The van der Waals surface area contributed by atoms with Gasteiger partial charge in [-0.1, -0.05) is 11.6 Å². The minimum Gasteiger partial charge on any atom is -0.452 e. The lowest BCUT2D eigenvalue weighted by Gasteiger charge is -2.13. The van der Waals surface area contributed by atoms with Crippen molar-refractivity contribution in [1.82, 2.24) is 4.90 Å². The van der Waals surface area contributed by atoms with Crippen molar-refractivity contribution in [2.45, 2.75) is 4.90 Å². The topological polar surface area (TPSA) is 63.7 Å². The van der Waals surface area contributed by atoms with E-state index < -0.39 is 9.84 Å². The summed E-state index contributed by atoms with van der Waals surface area (Å²) in [7, 11) is 0.223. The van der Waals surface area contributed by atoms with Gasteiger partial charge in [0.1, 0.15) is 5.75 Å². The maximum atomic E-state index is 12.7. The molecule has 0 spiro atoms. The Morgan fingerprint density at radius 2 is 1.60 bits per heavy atom. The number of ketones is 1. The van der Waals surface area contributed by atoms with E-state index in [1.54, 1.807) is 49.5 Å². The fraction of sp³-hybridized carbons (Fsp3) is 0.167. The Balaban J connectivity index is 2.31. The molecule has 7 heteroatoms. The van der Waals surface area contributed by atoms with E-state index in [1.165, 1.54) is 24.3 Å². The second-order valence-electron chi connectivity index (χ2n) is 5.64. The Bertz CT molecular complexity index is 886. The van der Waals surface area contributed by atoms with Crippen molar-refractivity contribution in [1.29, 1.82) is 0 Å². The van der Waals surface area contributed by atoms with E-state index in [-0.39, 0.29) is 16.4 Å². The van der Waals surface area contributed by atoms with Gasteiger partial charge < -0.3 is 9.64 Å². The van der Waals surface area contributed by atoms with Crippen molar-refractivity contribution in [2.75, 3.05) is 20.4 Å². The van der Waals surface area contributed by atoms with Crippen LogP contribution in [0.2, 0.25) is 5.02 Å². The van der Waals surface area contributed by atoms with E-state index in [4.69, 9.17) is 16.3 Å². The monoisotopic (exact) mass is 379 g/mol. The molecule has 0 amide bonds. The highest BCUT2D eigenvalue weighted by Crippen LogP contribution is 2.20.